The van der Waals surface area contributed by atoms with Gasteiger partial charge in [0.25, 0.3) is 0 Å². The van der Waals surface area contributed by atoms with Gasteiger partial charge in [-0.1, -0.05) is 53.9 Å². The van der Waals surface area contributed by atoms with Crippen LogP contribution in [0.3, 0.4) is 0 Å². The Hall–Kier alpha value is -1.17. The van der Waals surface area contributed by atoms with E-state index < -0.39 is 9.91 Å². The third-order valence-electron chi connectivity index (χ3n) is 11.3. The molecule has 0 saturated heterocycles. The molecule has 4 saturated carbocycles. The summed E-state index contributed by atoms with van der Waals surface area (Å²) in [6.07, 6.45) is 11.0. The summed E-state index contributed by atoms with van der Waals surface area (Å²) in [5.41, 5.74) is 0.522. The first kappa shape index (κ1) is 27.9. The van der Waals surface area contributed by atoms with Crippen LogP contribution in [0.25, 0.3) is 0 Å². The highest BCUT2D eigenvalue weighted by Crippen LogP contribution is 2.70. The summed E-state index contributed by atoms with van der Waals surface area (Å²) >= 11 is 7.44. The van der Waals surface area contributed by atoms with Crippen LogP contribution in [0.4, 0.5) is 0 Å². The molecule has 4 rings (SSSR count). The maximum atomic E-state index is 11.7. The number of ether oxygens (including phenoxy) is 1. The molecule has 0 aromatic heterocycles. The third kappa shape index (κ3) is 4.73. The minimum absolute atomic E-state index is 0.286. The summed E-state index contributed by atoms with van der Waals surface area (Å²) in [6, 6.07) is 0. The Morgan fingerprint density at radius 3 is 2.50 bits per heavy atom. The van der Waals surface area contributed by atoms with Gasteiger partial charge in [-0.25, -0.2) is 10.1 Å². The van der Waals surface area contributed by atoms with Gasteiger partial charge in [0, 0.05) is 13.3 Å². The monoisotopic (exact) mass is 522 g/mol. The first-order chi connectivity index (χ1) is 16.8. The molecule has 7 heteroatoms. The Morgan fingerprint density at radius 2 is 1.86 bits per heavy atom. The highest BCUT2D eigenvalue weighted by atomic mass is 35.5. The molecule has 204 valence electrons. The van der Waals surface area contributed by atoms with Crippen molar-refractivity contribution in [3.05, 3.63) is 10.1 Å². The van der Waals surface area contributed by atoms with Crippen LogP contribution in [0.15, 0.2) is 5.10 Å². The standard InChI is InChI=1S/C29H47ClN2O4/c1-18(2)8-7-9-19(3)23-10-11-24-22-16-26(31-32(34)35)29(30)17-21(36-20(4)33)12-15-28(29,6)25(22)13-14-27(23,24)5/h18-19,21-25H,7-17H2,1-6H3/b31-26+/t19?,21-,22-,23+,24-,25-,27+,28+,29-/m0/s1. The molecule has 0 heterocycles. The van der Waals surface area contributed by atoms with Crippen LogP contribution in [0.2, 0.25) is 0 Å². The highest BCUT2D eigenvalue weighted by Gasteiger charge is 2.67. The van der Waals surface area contributed by atoms with Gasteiger partial charge in [0.2, 0.25) is 0 Å². The largest absolute Gasteiger partial charge is 0.462 e. The number of hydrogen-bond donors (Lipinski definition) is 0. The zero-order chi connectivity index (χ0) is 26.5. The minimum atomic E-state index is -0.935. The van der Waals surface area contributed by atoms with Crippen molar-refractivity contribution in [2.75, 3.05) is 0 Å². The molecule has 4 aliphatic carbocycles. The number of esters is 1. The van der Waals surface area contributed by atoms with Crippen molar-refractivity contribution < 1.29 is 14.6 Å². The highest BCUT2D eigenvalue weighted by molar-refractivity contribution is 6.37. The number of carbonyl (C=O) groups excluding carboxylic acids is 1. The lowest BCUT2D eigenvalue weighted by Crippen LogP contribution is -2.65. The fraction of sp³-hybridized carbons (Fsp3) is 0.931. The number of carbonyl (C=O) groups is 1. The van der Waals surface area contributed by atoms with Crippen molar-refractivity contribution in [1.29, 1.82) is 0 Å². The molecule has 0 spiro atoms. The van der Waals surface area contributed by atoms with Gasteiger partial charge in [0.05, 0.1) is 9.98 Å². The Balaban J connectivity index is 1.61. The van der Waals surface area contributed by atoms with E-state index in [0.29, 0.717) is 42.2 Å². The van der Waals surface area contributed by atoms with Gasteiger partial charge >= 0.3 is 5.97 Å². The number of nitro groups is 1. The van der Waals surface area contributed by atoms with Gasteiger partial charge in [-0.15, -0.1) is 11.6 Å². The Kier molecular flexibility index (Phi) is 7.88. The molecule has 36 heavy (non-hydrogen) atoms. The maximum Gasteiger partial charge on any atom is 0.302 e. The van der Waals surface area contributed by atoms with Crippen LogP contribution in [0.1, 0.15) is 112 Å². The quantitative estimate of drug-likeness (QED) is 0.149. The van der Waals surface area contributed by atoms with E-state index in [1.54, 1.807) is 0 Å². The van der Waals surface area contributed by atoms with E-state index in [4.69, 9.17) is 16.3 Å². The summed E-state index contributed by atoms with van der Waals surface area (Å²) in [5.74, 6) is 3.25. The molecule has 0 radical (unpaired) electrons. The van der Waals surface area contributed by atoms with Crippen molar-refractivity contribution in [2.24, 2.45) is 51.4 Å². The number of rotatable bonds is 7. The predicted molar refractivity (Wildman–Crippen MR) is 144 cm³/mol. The number of alkyl halides is 1. The van der Waals surface area contributed by atoms with Crippen molar-refractivity contribution in [3.63, 3.8) is 0 Å². The van der Waals surface area contributed by atoms with E-state index >= 15 is 0 Å². The lowest BCUT2D eigenvalue weighted by Gasteiger charge is -2.63. The van der Waals surface area contributed by atoms with Crippen LogP contribution in [0, 0.1) is 56.5 Å². The number of halogens is 1. The van der Waals surface area contributed by atoms with Gasteiger partial charge in [0.15, 0.2) is 5.03 Å². The Morgan fingerprint density at radius 1 is 1.14 bits per heavy atom. The number of nitrogens with zero attached hydrogens (tertiary/aromatic N) is 2. The normalized spacial score (nSPS) is 44.0. The molecule has 4 aliphatic rings. The zero-order valence-corrected chi connectivity index (χ0v) is 24.0. The summed E-state index contributed by atoms with van der Waals surface area (Å²) < 4.78 is 5.56. The first-order valence-electron chi connectivity index (χ1n) is 14.4. The predicted octanol–water partition coefficient (Wildman–Crippen LogP) is 7.64. The van der Waals surface area contributed by atoms with Gasteiger partial charge < -0.3 is 4.74 Å². The van der Waals surface area contributed by atoms with Gasteiger partial charge in [-0.2, -0.15) is 0 Å². The van der Waals surface area contributed by atoms with Crippen LogP contribution >= 0.6 is 11.6 Å². The molecule has 0 bridgehead atoms. The lowest BCUT2D eigenvalue weighted by molar-refractivity contribution is -0.485. The van der Waals surface area contributed by atoms with E-state index in [-0.39, 0.29) is 22.9 Å². The number of fused-ring (bicyclic) bond motifs is 5. The van der Waals surface area contributed by atoms with E-state index in [2.05, 4.69) is 39.7 Å². The second-order valence-electron chi connectivity index (χ2n) is 13.6. The topological polar surface area (TPSA) is 81.8 Å². The van der Waals surface area contributed by atoms with Crippen molar-refractivity contribution in [3.8, 4) is 0 Å². The van der Waals surface area contributed by atoms with Gasteiger partial charge in [-0.05, 0) is 91.3 Å². The van der Waals surface area contributed by atoms with E-state index in [0.717, 1.165) is 31.1 Å². The van der Waals surface area contributed by atoms with E-state index in [1.807, 2.05) is 0 Å². The average Bonchev–Trinajstić information content (AvgIpc) is 3.12. The maximum absolute atomic E-state index is 11.7. The van der Waals surface area contributed by atoms with Gasteiger partial charge in [-0.3, -0.25) is 4.79 Å². The van der Waals surface area contributed by atoms with E-state index in [1.165, 1.54) is 45.4 Å². The molecule has 0 aromatic rings. The van der Waals surface area contributed by atoms with E-state index in [9.17, 15) is 14.9 Å². The lowest BCUT2D eigenvalue weighted by atomic mass is 9.43. The molecule has 6 nitrogen and oxygen atoms in total. The van der Waals surface area contributed by atoms with Crippen molar-refractivity contribution >= 4 is 23.3 Å². The zero-order valence-electron chi connectivity index (χ0n) is 23.2. The van der Waals surface area contributed by atoms with Gasteiger partial charge in [0.1, 0.15) is 11.8 Å². The van der Waals surface area contributed by atoms with Crippen molar-refractivity contribution in [2.45, 2.75) is 123 Å². The number of hydrogen-bond acceptors (Lipinski definition) is 4. The number of hydrazone groups is 1. The second-order valence-corrected chi connectivity index (χ2v) is 14.2. The smallest absolute Gasteiger partial charge is 0.302 e. The molecule has 0 aliphatic heterocycles. The van der Waals surface area contributed by atoms with Crippen molar-refractivity contribution in [1.82, 2.24) is 0 Å². The second kappa shape index (κ2) is 10.2. The average molecular weight is 523 g/mol. The molecule has 0 amide bonds. The SMILES string of the molecule is CC(=O)O[C@H]1CC[C@]2(C)[C@H]3CC[C@]4(C)[C@@H](C(C)CCCC(C)C)CC[C@H]4[C@@H]3C/C(=N\[N+](=O)[O-])[C@@]2(Cl)C1. The molecular weight excluding hydrogens is 476 g/mol. The Bertz CT molecular complexity index is 892. The summed E-state index contributed by atoms with van der Waals surface area (Å²) in [5, 5.41) is 15.1. The molecule has 0 aromatic carbocycles. The summed E-state index contributed by atoms with van der Waals surface area (Å²) in [7, 11) is 0. The summed E-state index contributed by atoms with van der Waals surface area (Å²) in [6.45, 7) is 13.3. The van der Waals surface area contributed by atoms with Crippen LogP contribution < -0.4 is 0 Å². The molecule has 1 unspecified atom stereocenters. The molecule has 4 fully saturated rings. The van der Waals surface area contributed by atoms with Crippen LogP contribution in [-0.2, 0) is 9.53 Å². The van der Waals surface area contributed by atoms with Crippen LogP contribution in [-0.4, -0.2) is 27.7 Å². The fourth-order valence-corrected chi connectivity index (χ4v) is 10.1. The molecular formula is C29H47ClN2O4. The Labute approximate surface area is 222 Å². The molecule has 0 N–H and O–H groups in total. The molecule has 9 atom stereocenters. The third-order valence-corrected chi connectivity index (χ3v) is 12.1. The first-order valence-corrected chi connectivity index (χ1v) is 14.8. The minimum Gasteiger partial charge on any atom is -0.462 e. The summed E-state index contributed by atoms with van der Waals surface area (Å²) in [4.78, 5) is 22.4. The van der Waals surface area contributed by atoms with Crippen LogP contribution in [0.5, 0.6) is 0 Å². The fourth-order valence-electron chi connectivity index (χ4n) is 9.56.